The SMILES string of the molecule is Cc1ccc(C)c(NC(=O)CCC(=O)NNC(=O)Nc2ccccc2)c1. The Morgan fingerprint density at radius 2 is 1.50 bits per heavy atom. The molecule has 0 saturated heterocycles. The van der Waals surface area contributed by atoms with Crippen LogP contribution in [0, 0.1) is 13.8 Å². The van der Waals surface area contributed by atoms with Gasteiger partial charge in [-0.1, -0.05) is 30.3 Å². The zero-order chi connectivity index (χ0) is 18.9. The minimum absolute atomic E-state index is 0.0151. The summed E-state index contributed by atoms with van der Waals surface area (Å²) in [5.74, 6) is -0.716. The zero-order valence-electron chi connectivity index (χ0n) is 14.8. The van der Waals surface area contributed by atoms with Crippen LogP contribution in [-0.4, -0.2) is 17.8 Å². The van der Waals surface area contributed by atoms with E-state index >= 15 is 0 Å². The Kier molecular flexibility index (Phi) is 6.73. The molecular formula is C19H22N4O3. The molecule has 2 aromatic rings. The number of nitrogens with one attached hydrogen (secondary N) is 4. The number of urea groups is 1. The summed E-state index contributed by atoms with van der Waals surface area (Å²) in [6, 6.07) is 14.0. The number of carbonyl (C=O) groups is 3. The fourth-order valence-corrected chi connectivity index (χ4v) is 2.18. The van der Waals surface area contributed by atoms with Crippen molar-refractivity contribution >= 4 is 29.2 Å². The summed E-state index contributed by atoms with van der Waals surface area (Å²) >= 11 is 0. The number of para-hydroxylation sites is 1. The van der Waals surface area contributed by atoms with Crippen LogP contribution in [0.15, 0.2) is 48.5 Å². The molecule has 4 N–H and O–H groups in total. The third-order valence-corrected chi connectivity index (χ3v) is 3.59. The number of rotatable bonds is 5. The van der Waals surface area contributed by atoms with E-state index in [0.717, 1.165) is 16.8 Å². The van der Waals surface area contributed by atoms with Gasteiger partial charge in [0.15, 0.2) is 0 Å². The number of aryl methyl sites for hydroxylation is 2. The average Bonchev–Trinajstić information content (AvgIpc) is 2.62. The van der Waals surface area contributed by atoms with Gasteiger partial charge in [-0.05, 0) is 43.2 Å². The molecule has 0 bridgehead atoms. The Morgan fingerprint density at radius 3 is 2.23 bits per heavy atom. The highest BCUT2D eigenvalue weighted by atomic mass is 16.2. The highest BCUT2D eigenvalue weighted by Crippen LogP contribution is 2.16. The van der Waals surface area contributed by atoms with E-state index in [1.54, 1.807) is 24.3 Å². The molecular weight excluding hydrogens is 332 g/mol. The van der Waals surface area contributed by atoms with Gasteiger partial charge in [0.2, 0.25) is 11.8 Å². The van der Waals surface area contributed by atoms with E-state index in [9.17, 15) is 14.4 Å². The first-order valence-corrected chi connectivity index (χ1v) is 8.22. The highest BCUT2D eigenvalue weighted by Gasteiger charge is 2.09. The standard InChI is InChI=1S/C19H22N4O3/c1-13-8-9-14(2)16(12-13)21-17(24)10-11-18(25)22-23-19(26)20-15-6-4-3-5-7-15/h3-9,12H,10-11H2,1-2H3,(H,21,24)(H,22,25)(H2,20,23,26). The van der Waals surface area contributed by atoms with Crippen molar-refractivity contribution in [1.82, 2.24) is 10.9 Å². The maximum atomic E-state index is 12.0. The van der Waals surface area contributed by atoms with Gasteiger partial charge in [0, 0.05) is 24.2 Å². The number of benzene rings is 2. The first-order chi connectivity index (χ1) is 12.4. The van der Waals surface area contributed by atoms with Crippen molar-refractivity contribution in [3.63, 3.8) is 0 Å². The molecule has 136 valence electrons. The quantitative estimate of drug-likeness (QED) is 0.621. The van der Waals surface area contributed by atoms with E-state index in [0.29, 0.717) is 5.69 Å². The van der Waals surface area contributed by atoms with Crippen molar-refractivity contribution in [3.8, 4) is 0 Å². The predicted octanol–water partition coefficient (Wildman–Crippen LogP) is 2.88. The van der Waals surface area contributed by atoms with Crippen LogP contribution < -0.4 is 21.5 Å². The van der Waals surface area contributed by atoms with Gasteiger partial charge in [0.1, 0.15) is 0 Å². The minimum atomic E-state index is -0.565. The smallest absolute Gasteiger partial charge is 0.326 e. The number of anilines is 2. The monoisotopic (exact) mass is 354 g/mol. The molecule has 0 aliphatic rings. The van der Waals surface area contributed by atoms with Crippen LogP contribution in [-0.2, 0) is 9.59 Å². The lowest BCUT2D eigenvalue weighted by atomic mass is 10.1. The fraction of sp³-hybridized carbons (Fsp3) is 0.211. The normalized spacial score (nSPS) is 9.92. The van der Waals surface area contributed by atoms with E-state index in [2.05, 4.69) is 21.5 Å². The number of carbonyl (C=O) groups excluding carboxylic acids is 3. The number of amides is 4. The lowest BCUT2D eigenvalue weighted by molar-refractivity contribution is -0.124. The van der Waals surface area contributed by atoms with E-state index < -0.39 is 11.9 Å². The fourth-order valence-electron chi connectivity index (χ4n) is 2.18. The lowest BCUT2D eigenvalue weighted by Gasteiger charge is -2.10. The highest BCUT2D eigenvalue weighted by molar-refractivity contribution is 5.95. The van der Waals surface area contributed by atoms with Gasteiger partial charge in [0.25, 0.3) is 0 Å². The summed E-state index contributed by atoms with van der Waals surface area (Å²) in [5.41, 5.74) is 7.83. The van der Waals surface area contributed by atoms with Gasteiger partial charge in [-0.2, -0.15) is 0 Å². The Balaban J connectivity index is 1.70. The van der Waals surface area contributed by atoms with Crippen molar-refractivity contribution < 1.29 is 14.4 Å². The summed E-state index contributed by atoms with van der Waals surface area (Å²) < 4.78 is 0. The molecule has 2 rings (SSSR count). The molecule has 0 fully saturated rings. The molecule has 0 spiro atoms. The molecule has 0 heterocycles. The van der Waals surface area contributed by atoms with Gasteiger partial charge in [-0.3, -0.25) is 15.0 Å². The summed E-state index contributed by atoms with van der Waals surface area (Å²) in [5, 5.41) is 5.35. The summed E-state index contributed by atoms with van der Waals surface area (Å²) in [6.45, 7) is 3.84. The van der Waals surface area contributed by atoms with Crippen LogP contribution >= 0.6 is 0 Å². The molecule has 7 heteroatoms. The topological polar surface area (TPSA) is 99.3 Å². The molecule has 0 aromatic heterocycles. The second-order valence-electron chi connectivity index (χ2n) is 5.86. The van der Waals surface area contributed by atoms with Crippen LogP contribution in [0.25, 0.3) is 0 Å². The molecule has 0 unspecified atom stereocenters. The molecule has 0 aliphatic heterocycles. The number of hydrogen-bond acceptors (Lipinski definition) is 3. The van der Waals surface area contributed by atoms with E-state index in [1.807, 2.05) is 38.1 Å². The number of hydrazine groups is 1. The van der Waals surface area contributed by atoms with E-state index in [-0.39, 0.29) is 18.7 Å². The van der Waals surface area contributed by atoms with Gasteiger partial charge in [-0.25, -0.2) is 10.2 Å². The Labute approximate surface area is 152 Å². The average molecular weight is 354 g/mol. The summed E-state index contributed by atoms with van der Waals surface area (Å²) in [4.78, 5) is 35.4. The van der Waals surface area contributed by atoms with Crippen molar-refractivity contribution in [3.05, 3.63) is 59.7 Å². The lowest BCUT2D eigenvalue weighted by Crippen LogP contribution is -2.44. The van der Waals surface area contributed by atoms with Gasteiger partial charge in [-0.15, -0.1) is 0 Å². The third-order valence-electron chi connectivity index (χ3n) is 3.59. The predicted molar refractivity (Wildman–Crippen MR) is 101 cm³/mol. The summed E-state index contributed by atoms with van der Waals surface area (Å²) in [7, 11) is 0. The molecule has 0 aliphatic carbocycles. The molecule has 0 radical (unpaired) electrons. The van der Waals surface area contributed by atoms with Gasteiger partial charge < -0.3 is 10.6 Å². The molecule has 0 saturated carbocycles. The first-order valence-electron chi connectivity index (χ1n) is 8.22. The maximum Gasteiger partial charge on any atom is 0.337 e. The largest absolute Gasteiger partial charge is 0.337 e. The molecule has 2 aromatic carbocycles. The van der Waals surface area contributed by atoms with Crippen LogP contribution in [0.1, 0.15) is 24.0 Å². The zero-order valence-corrected chi connectivity index (χ0v) is 14.8. The second-order valence-corrected chi connectivity index (χ2v) is 5.86. The van der Waals surface area contributed by atoms with Crippen LogP contribution in [0.4, 0.5) is 16.2 Å². The molecule has 7 nitrogen and oxygen atoms in total. The summed E-state index contributed by atoms with van der Waals surface area (Å²) in [6.07, 6.45) is -0.0243. The van der Waals surface area contributed by atoms with Gasteiger partial charge in [0.05, 0.1) is 0 Å². The first kappa shape index (κ1) is 19.0. The van der Waals surface area contributed by atoms with Crippen molar-refractivity contribution in [2.24, 2.45) is 0 Å². The minimum Gasteiger partial charge on any atom is -0.326 e. The third kappa shape index (κ3) is 6.27. The maximum absolute atomic E-state index is 12.0. The van der Waals surface area contributed by atoms with E-state index in [4.69, 9.17) is 0 Å². The van der Waals surface area contributed by atoms with Crippen molar-refractivity contribution in [2.75, 3.05) is 10.6 Å². The van der Waals surface area contributed by atoms with Crippen molar-refractivity contribution in [2.45, 2.75) is 26.7 Å². The van der Waals surface area contributed by atoms with E-state index in [1.165, 1.54) is 0 Å². The Morgan fingerprint density at radius 1 is 0.808 bits per heavy atom. The molecule has 4 amide bonds. The van der Waals surface area contributed by atoms with Crippen LogP contribution in [0.5, 0.6) is 0 Å². The second kappa shape index (κ2) is 9.22. The number of hydrogen-bond donors (Lipinski definition) is 4. The molecule has 26 heavy (non-hydrogen) atoms. The Hall–Kier alpha value is -3.35. The van der Waals surface area contributed by atoms with Crippen molar-refractivity contribution in [1.29, 1.82) is 0 Å². The Bertz CT molecular complexity index is 791. The van der Waals surface area contributed by atoms with Gasteiger partial charge >= 0.3 is 6.03 Å². The van der Waals surface area contributed by atoms with Crippen LogP contribution in [0.3, 0.4) is 0 Å². The van der Waals surface area contributed by atoms with Crippen LogP contribution in [0.2, 0.25) is 0 Å². The molecule has 0 atom stereocenters.